The summed E-state index contributed by atoms with van der Waals surface area (Å²) in [6.07, 6.45) is 1.77. The Labute approximate surface area is 177 Å². The second kappa shape index (κ2) is 8.49. The molecular weight excluding hydrogens is 471 g/mol. The van der Waals surface area contributed by atoms with Gasteiger partial charge in [-0.2, -0.15) is 4.31 Å². The highest BCUT2D eigenvalue weighted by Gasteiger charge is 2.31. The lowest BCUT2D eigenvalue weighted by molar-refractivity contribution is 0.102. The number of sulfonamides is 1. The molecule has 1 aliphatic heterocycles. The Kier molecular flexibility index (Phi) is 6.44. The van der Waals surface area contributed by atoms with Gasteiger partial charge in [0.1, 0.15) is 10.7 Å². The van der Waals surface area contributed by atoms with Crippen molar-refractivity contribution in [3.63, 3.8) is 0 Å². The average molecular weight is 490 g/mol. The number of carbonyl (C=O) groups is 1. The standard InChI is InChI=1S/C19H19BrClFN2O3S/c1-12-3-2-8-24(11-12)28(26,27)18-9-13(4-6-16(18)21)19(25)23-17-7-5-14(22)10-15(17)20/h4-7,9-10,12H,2-3,8,11H2,1H3,(H,23,25). The first kappa shape index (κ1) is 21.2. The van der Waals surface area contributed by atoms with E-state index >= 15 is 0 Å². The van der Waals surface area contributed by atoms with Crippen molar-refractivity contribution in [3.05, 3.63) is 57.3 Å². The molecule has 0 saturated carbocycles. The van der Waals surface area contributed by atoms with E-state index in [0.717, 1.165) is 12.8 Å². The molecule has 150 valence electrons. The Morgan fingerprint density at radius 2 is 2.04 bits per heavy atom. The zero-order chi connectivity index (χ0) is 20.5. The SMILES string of the molecule is CC1CCCN(S(=O)(=O)c2cc(C(=O)Nc3ccc(F)cc3Br)ccc2Cl)C1. The maximum Gasteiger partial charge on any atom is 0.255 e. The van der Waals surface area contributed by atoms with Crippen LogP contribution in [0.2, 0.25) is 5.02 Å². The summed E-state index contributed by atoms with van der Waals surface area (Å²) >= 11 is 9.34. The number of carbonyl (C=O) groups excluding carboxylic acids is 1. The molecule has 1 atom stereocenters. The predicted octanol–water partition coefficient (Wildman–Crippen LogP) is 4.91. The fourth-order valence-corrected chi connectivity index (χ4v) is 5.68. The number of benzene rings is 2. The van der Waals surface area contributed by atoms with E-state index in [2.05, 4.69) is 21.2 Å². The zero-order valence-electron chi connectivity index (χ0n) is 15.1. The van der Waals surface area contributed by atoms with E-state index < -0.39 is 21.7 Å². The van der Waals surface area contributed by atoms with Gasteiger partial charge in [-0.15, -0.1) is 0 Å². The summed E-state index contributed by atoms with van der Waals surface area (Å²) in [5.41, 5.74) is 0.514. The highest BCUT2D eigenvalue weighted by atomic mass is 79.9. The normalized spacial score (nSPS) is 18.1. The summed E-state index contributed by atoms with van der Waals surface area (Å²) in [5.74, 6) is -0.697. The summed E-state index contributed by atoms with van der Waals surface area (Å²) < 4.78 is 41.1. The van der Waals surface area contributed by atoms with Crippen molar-refractivity contribution in [1.82, 2.24) is 4.31 Å². The second-order valence-electron chi connectivity index (χ2n) is 6.83. The van der Waals surface area contributed by atoms with Gasteiger partial charge in [0.25, 0.3) is 5.91 Å². The van der Waals surface area contributed by atoms with E-state index in [4.69, 9.17) is 11.6 Å². The number of nitrogens with zero attached hydrogens (tertiary/aromatic N) is 1. The first-order valence-electron chi connectivity index (χ1n) is 8.74. The number of halogens is 3. The molecule has 5 nitrogen and oxygen atoms in total. The van der Waals surface area contributed by atoms with Crippen LogP contribution in [-0.4, -0.2) is 31.7 Å². The number of rotatable bonds is 4. The monoisotopic (exact) mass is 488 g/mol. The molecule has 1 saturated heterocycles. The van der Waals surface area contributed by atoms with Crippen molar-refractivity contribution in [2.45, 2.75) is 24.7 Å². The first-order chi connectivity index (χ1) is 13.2. The van der Waals surface area contributed by atoms with Crippen molar-refractivity contribution in [2.24, 2.45) is 5.92 Å². The minimum Gasteiger partial charge on any atom is -0.321 e. The predicted molar refractivity (Wildman–Crippen MR) is 111 cm³/mol. The van der Waals surface area contributed by atoms with Crippen LogP contribution in [0.4, 0.5) is 10.1 Å². The van der Waals surface area contributed by atoms with Gasteiger partial charge in [-0.05, 0) is 71.1 Å². The van der Waals surface area contributed by atoms with Crippen LogP contribution in [0.15, 0.2) is 45.8 Å². The molecule has 0 aromatic heterocycles. The first-order valence-corrected chi connectivity index (χ1v) is 11.4. The summed E-state index contributed by atoms with van der Waals surface area (Å²) in [6, 6.07) is 7.99. The van der Waals surface area contributed by atoms with Crippen LogP contribution in [-0.2, 0) is 10.0 Å². The van der Waals surface area contributed by atoms with Gasteiger partial charge >= 0.3 is 0 Å². The number of anilines is 1. The summed E-state index contributed by atoms with van der Waals surface area (Å²) in [7, 11) is -3.81. The van der Waals surface area contributed by atoms with Gasteiger partial charge in [-0.1, -0.05) is 18.5 Å². The molecular formula is C19H19BrClFN2O3S. The maximum atomic E-state index is 13.2. The number of amides is 1. The van der Waals surface area contributed by atoms with E-state index in [1.807, 2.05) is 6.92 Å². The van der Waals surface area contributed by atoms with E-state index in [0.29, 0.717) is 23.2 Å². The average Bonchev–Trinajstić information content (AvgIpc) is 2.64. The van der Waals surface area contributed by atoms with Crippen molar-refractivity contribution >= 4 is 49.1 Å². The molecule has 28 heavy (non-hydrogen) atoms. The van der Waals surface area contributed by atoms with Crippen LogP contribution in [0.1, 0.15) is 30.1 Å². The van der Waals surface area contributed by atoms with Gasteiger partial charge in [0.05, 0.1) is 10.7 Å². The minimum atomic E-state index is -3.81. The van der Waals surface area contributed by atoms with E-state index in [9.17, 15) is 17.6 Å². The Morgan fingerprint density at radius 1 is 1.29 bits per heavy atom. The summed E-state index contributed by atoms with van der Waals surface area (Å²) in [5, 5.41) is 2.70. The lowest BCUT2D eigenvalue weighted by atomic mass is 10.0. The Balaban J connectivity index is 1.89. The molecule has 0 bridgehead atoms. The van der Waals surface area contributed by atoms with E-state index in [1.54, 1.807) is 0 Å². The molecule has 2 aromatic rings. The molecule has 1 amide bonds. The third-order valence-electron chi connectivity index (χ3n) is 4.61. The Hall–Kier alpha value is -1.48. The third-order valence-corrected chi connectivity index (χ3v) is 7.61. The molecule has 1 aliphatic rings. The number of hydrogen-bond acceptors (Lipinski definition) is 3. The molecule has 1 fully saturated rings. The van der Waals surface area contributed by atoms with Crippen molar-refractivity contribution in [1.29, 1.82) is 0 Å². The van der Waals surface area contributed by atoms with Crippen molar-refractivity contribution in [3.8, 4) is 0 Å². The van der Waals surface area contributed by atoms with Gasteiger partial charge in [-0.25, -0.2) is 12.8 Å². The van der Waals surface area contributed by atoms with Crippen molar-refractivity contribution < 1.29 is 17.6 Å². The quantitative estimate of drug-likeness (QED) is 0.663. The number of nitrogens with one attached hydrogen (secondary N) is 1. The largest absolute Gasteiger partial charge is 0.321 e. The van der Waals surface area contributed by atoms with Crippen LogP contribution in [0, 0.1) is 11.7 Å². The lowest BCUT2D eigenvalue weighted by Gasteiger charge is -2.30. The minimum absolute atomic E-state index is 0.0674. The molecule has 0 radical (unpaired) electrons. The molecule has 9 heteroatoms. The Morgan fingerprint density at radius 3 is 2.71 bits per heavy atom. The van der Waals surface area contributed by atoms with E-state index in [-0.39, 0.29) is 21.4 Å². The number of hydrogen-bond donors (Lipinski definition) is 1. The molecule has 3 rings (SSSR count). The summed E-state index contributed by atoms with van der Waals surface area (Å²) in [6.45, 7) is 2.87. The molecule has 0 aliphatic carbocycles. The number of piperidine rings is 1. The lowest BCUT2D eigenvalue weighted by Crippen LogP contribution is -2.39. The molecule has 0 spiro atoms. The third kappa shape index (κ3) is 4.56. The zero-order valence-corrected chi connectivity index (χ0v) is 18.2. The van der Waals surface area contributed by atoms with E-state index in [1.165, 1.54) is 40.7 Å². The van der Waals surface area contributed by atoms with Gasteiger partial charge in [-0.3, -0.25) is 4.79 Å². The Bertz CT molecular complexity index is 1020. The highest BCUT2D eigenvalue weighted by Crippen LogP contribution is 2.30. The molecule has 1 N–H and O–H groups in total. The van der Waals surface area contributed by atoms with Crippen LogP contribution in [0.25, 0.3) is 0 Å². The van der Waals surface area contributed by atoms with Crippen LogP contribution in [0.5, 0.6) is 0 Å². The smallest absolute Gasteiger partial charge is 0.255 e. The second-order valence-corrected chi connectivity index (χ2v) is 10.0. The fourth-order valence-electron chi connectivity index (χ4n) is 3.13. The van der Waals surface area contributed by atoms with Crippen molar-refractivity contribution in [2.75, 3.05) is 18.4 Å². The van der Waals surface area contributed by atoms with Crippen LogP contribution >= 0.6 is 27.5 Å². The molecule has 1 unspecified atom stereocenters. The fraction of sp³-hybridized carbons (Fsp3) is 0.316. The van der Waals surface area contributed by atoms with Gasteiger partial charge in [0.2, 0.25) is 10.0 Å². The van der Waals surface area contributed by atoms with Crippen LogP contribution < -0.4 is 5.32 Å². The molecule has 2 aromatic carbocycles. The topological polar surface area (TPSA) is 66.5 Å². The van der Waals surface area contributed by atoms with Gasteiger partial charge in [0, 0.05) is 23.1 Å². The van der Waals surface area contributed by atoms with Crippen LogP contribution in [0.3, 0.4) is 0 Å². The van der Waals surface area contributed by atoms with Gasteiger partial charge < -0.3 is 5.32 Å². The summed E-state index contributed by atoms with van der Waals surface area (Å²) in [4.78, 5) is 12.5. The highest BCUT2D eigenvalue weighted by molar-refractivity contribution is 9.10. The molecule has 1 heterocycles. The van der Waals surface area contributed by atoms with Gasteiger partial charge in [0.15, 0.2) is 0 Å². The maximum absolute atomic E-state index is 13.2.